The lowest BCUT2D eigenvalue weighted by Crippen LogP contribution is -2.40. The first kappa shape index (κ1) is 26.5. The zero-order valence-electron chi connectivity index (χ0n) is 23.3. The number of methoxy groups -OCH3 is 1. The highest BCUT2D eigenvalue weighted by molar-refractivity contribution is 6.74. The molecule has 200 valence electrons. The Morgan fingerprint density at radius 3 is 2.36 bits per heavy atom. The van der Waals surface area contributed by atoms with E-state index < -0.39 is 8.32 Å². The van der Waals surface area contributed by atoms with Gasteiger partial charge in [0.05, 0.1) is 30.7 Å². The highest BCUT2D eigenvalue weighted by atomic mass is 28.4. The molecule has 8 nitrogen and oxygen atoms in total. The summed E-state index contributed by atoms with van der Waals surface area (Å²) in [5, 5.41) is 0.155. The Labute approximate surface area is 230 Å². The number of rotatable bonds is 7. The minimum Gasteiger partial charge on any atom is -0.497 e. The van der Waals surface area contributed by atoms with Gasteiger partial charge in [-0.15, -0.1) is 0 Å². The van der Waals surface area contributed by atoms with Gasteiger partial charge < -0.3 is 14.9 Å². The molecule has 0 atom stereocenters. The molecular weight excluding hydrogens is 504 g/mol. The van der Waals surface area contributed by atoms with Crippen LogP contribution in [0.5, 0.6) is 5.75 Å². The zero-order valence-corrected chi connectivity index (χ0v) is 24.3. The average molecular weight is 539 g/mol. The van der Waals surface area contributed by atoms with Gasteiger partial charge in [0.25, 0.3) is 0 Å². The molecule has 0 saturated carbocycles. The van der Waals surface area contributed by atoms with Gasteiger partial charge in [0, 0.05) is 24.1 Å². The van der Waals surface area contributed by atoms with Crippen molar-refractivity contribution in [1.29, 1.82) is 0 Å². The molecule has 9 heteroatoms. The number of imidazole rings is 1. The van der Waals surface area contributed by atoms with E-state index in [1.165, 1.54) is 0 Å². The topological polar surface area (TPSA) is 101 Å². The van der Waals surface area contributed by atoms with Crippen molar-refractivity contribution < 1.29 is 9.16 Å². The second-order valence-electron chi connectivity index (χ2n) is 11.0. The minimum atomic E-state index is -1.86. The third-order valence-corrected chi connectivity index (χ3v) is 11.9. The third kappa shape index (κ3) is 5.28. The average Bonchev–Trinajstić information content (AvgIpc) is 3.30. The van der Waals surface area contributed by atoms with E-state index in [-0.39, 0.29) is 5.04 Å². The summed E-state index contributed by atoms with van der Waals surface area (Å²) in [6.45, 7) is 11.9. The van der Waals surface area contributed by atoms with Gasteiger partial charge >= 0.3 is 0 Å². The Balaban J connectivity index is 1.60. The standard InChI is InChI=1S/C30H34N6O2Si/c1-30(2,3)39(5,6)38-19-20-9-11-21(12-10-20)36-28(23-8-7-16-33-27(23)31)35-25-14-13-24(34-29(25)36)26-18-22(37-4)15-17-32-26/h7-18H,19H2,1-6H3,(H2,31,33). The minimum absolute atomic E-state index is 0.155. The van der Waals surface area contributed by atoms with E-state index >= 15 is 0 Å². The Morgan fingerprint density at radius 2 is 1.67 bits per heavy atom. The molecule has 0 radical (unpaired) electrons. The number of hydrogen-bond acceptors (Lipinski definition) is 7. The van der Waals surface area contributed by atoms with Gasteiger partial charge in [-0.05, 0) is 66.2 Å². The predicted octanol–water partition coefficient (Wildman–Crippen LogP) is 6.66. The summed E-state index contributed by atoms with van der Waals surface area (Å²) in [4.78, 5) is 18.7. The van der Waals surface area contributed by atoms with E-state index in [1.807, 2.05) is 41.0 Å². The lowest BCUT2D eigenvalue weighted by Gasteiger charge is -2.36. The van der Waals surface area contributed by atoms with Gasteiger partial charge in [-0.2, -0.15) is 0 Å². The van der Waals surface area contributed by atoms with E-state index in [9.17, 15) is 0 Å². The third-order valence-electron chi connectivity index (χ3n) is 7.41. The Morgan fingerprint density at radius 1 is 0.897 bits per heavy atom. The molecule has 0 aliphatic carbocycles. The van der Waals surface area contributed by atoms with Crippen LogP contribution in [0.1, 0.15) is 26.3 Å². The summed E-state index contributed by atoms with van der Waals surface area (Å²) in [5.74, 6) is 1.79. The van der Waals surface area contributed by atoms with Crippen molar-refractivity contribution in [3.8, 4) is 34.2 Å². The van der Waals surface area contributed by atoms with Crippen LogP contribution >= 0.6 is 0 Å². The molecule has 0 aliphatic rings. The molecule has 0 unspecified atom stereocenters. The summed E-state index contributed by atoms with van der Waals surface area (Å²) in [5.41, 5.74) is 11.9. The Bertz CT molecular complexity index is 1620. The van der Waals surface area contributed by atoms with Crippen LogP contribution in [0.2, 0.25) is 18.1 Å². The van der Waals surface area contributed by atoms with E-state index in [0.29, 0.717) is 35.3 Å². The van der Waals surface area contributed by atoms with Crippen molar-refractivity contribution in [2.45, 2.75) is 45.5 Å². The number of pyridine rings is 3. The van der Waals surface area contributed by atoms with E-state index in [1.54, 1.807) is 19.5 Å². The van der Waals surface area contributed by atoms with Gasteiger partial charge in [0.1, 0.15) is 17.1 Å². The number of nitrogen functional groups attached to an aromatic ring is 1. The quantitative estimate of drug-likeness (QED) is 0.231. The normalized spacial score (nSPS) is 12.2. The molecular formula is C30H34N6O2Si. The monoisotopic (exact) mass is 538 g/mol. The lowest BCUT2D eigenvalue weighted by atomic mass is 10.2. The van der Waals surface area contributed by atoms with Crippen molar-refractivity contribution in [1.82, 2.24) is 24.5 Å². The van der Waals surface area contributed by atoms with E-state index in [2.05, 4.69) is 68.1 Å². The van der Waals surface area contributed by atoms with Crippen LogP contribution in [0.3, 0.4) is 0 Å². The van der Waals surface area contributed by atoms with Crippen molar-refractivity contribution >= 4 is 25.3 Å². The fourth-order valence-electron chi connectivity index (χ4n) is 4.03. The molecule has 0 spiro atoms. The largest absolute Gasteiger partial charge is 0.497 e. The molecule has 1 aromatic carbocycles. The van der Waals surface area contributed by atoms with Crippen molar-refractivity contribution in [3.05, 3.63) is 78.6 Å². The number of fused-ring (bicyclic) bond motifs is 1. The van der Waals surface area contributed by atoms with Crippen LogP contribution in [0.4, 0.5) is 5.82 Å². The highest BCUT2D eigenvalue weighted by Gasteiger charge is 2.37. The van der Waals surface area contributed by atoms with Crippen LogP contribution in [-0.4, -0.2) is 39.9 Å². The van der Waals surface area contributed by atoms with Gasteiger partial charge in [-0.25, -0.2) is 15.0 Å². The smallest absolute Gasteiger partial charge is 0.192 e. The molecule has 0 aliphatic heterocycles. The van der Waals surface area contributed by atoms with Gasteiger partial charge in [0.2, 0.25) is 0 Å². The number of nitrogens with two attached hydrogens (primary N) is 1. The summed E-state index contributed by atoms with van der Waals surface area (Å²) < 4.78 is 13.8. The van der Waals surface area contributed by atoms with Gasteiger partial charge in [-0.1, -0.05) is 32.9 Å². The molecule has 0 bridgehead atoms. The van der Waals surface area contributed by atoms with Crippen LogP contribution in [-0.2, 0) is 11.0 Å². The molecule has 2 N–H and O–H groups in total. The first-order chi connectivity index (χ1) is 18.6. The Hall–Kier alpha value is -4.08. The predicted molar refractivity (Wildman–Crippen MR) is 158 cm³/mol. The molecule has 0 amide bonds. The van der Waals surface area contributed by atoms with Crippen LogP contribution in [0, 0.1) is 0 Å². The first-order valence-electron chi connectivity index (χ1n) is 12.9. The lowest BCUT2D eigenvalue weighted by molar-refractivity contribution is 0.276. The number of hydrogen-bond donors (Lipinski definition) is 1. The summed E-state index contributed by atoms with van der Waals surface area (Å²) in [6, 6.07) is 19.7. The highest BCUT2D eigenvalue weighted by Crippen LogP contribution is 2.37. The fourth-order valence-corrected chi connectivity index (χ4v) is 4.99. The van der Waals surface area contributed by atoms with Crippen molar-refractivity contribution in [2.24, 2.45) is 0 Å². The molecule has 4 heterocycles. The second kappa shape index (κ2) is 10.2. The summed E-state index contributed by atoms with van der Waals surface area (Å²) in [6.07, 6.45) is 3.39. The summed E-state index contributed by atoms with van der Waals surface area (Å²) >= 11 is 0. The maximum absolute atomic E-state index is 6.44. The van der Waals surface area contributed by atoms with Crippen LogP contribution in [0.25, 0.3) is 39.6 Å². The Kier molecular flexibility index (Phi) is 6.96. The second-order valence-corrected chi connectivity index (χ2v) is 15.9. The molecule has 0 saturated heterocycles. The van der Waals surface area contributed by atoms with E-state index in [0.717, 1.165) is 28.1 Å². The van der Waals surface area contributed by atoms with Gasteiger partial charge in [-0.3, -0.25) is 9.55 Å². The number of aromatic nitrogens is 5. The zero-order chi connectivity index (χ0) is 27.8. The fraction of sp³-hybridized carbons (Fsp3) is 0.267. The first-order valence-corrected chi connectivity index (χ1v) is 15.8. The van der Waals surface area contributed by atoms with Crippen molar-refractivity contribution in [3.63, 3.8) is 0 Å². The maximum atomic E-state index is 6.44. The number of anilines is 1. The van der Waals surface area contributed by atoms with Crippen LogP contribution < -0.4 is 10.5 Å². The molecule has 0 fully saturated rings. The molecule has 39 heavy (non-hydrogen) atoms. The number of nitrogens with zero attached hydrogens (tertiary/aromatic N) is 5. The summed E-state index contributed by atoms with van der Waals surface area (Å²) in [7, 11) is -0.221. The molecule has 4 aromatic heterocycles. The van der Waals surface area contributed by atoms with Gasteiger partial charge in [0.15, 0.2) is 19.8 Å². The SMILES string of the molecule is COc1ccnc(-c2ccc3nc(-c4cccnc4N)n(-c4ccc(CO[Si](C)(C)C(C)(C)C)cc4)c3n2)c1. The molecule has 5 aromatic rings. The van der Waals surface area contributed by atoms with Crippen molar-refractivity contribution in [2.75, 3.05) is 12.8 Å². The van der Waals surface area contributed by atoms with Crippen LogP contribution in [0.15, 0.2) is 73.1 Å². The number of ether oxygens (including phenoxy) is 1. The molecule has 5 rings (SSSR count). The van der Waals surface area contributed by atoms with E-state index in [4.69, 9.17) is 24.9 Å². The maximum Gasteiger partial charge on any atom is 0.192 e. The number of benzene rings is 1.